The monoisotopic (exact) mass is 518 g/mol. The molecule has 0 saturated carbocycles. The van der Waals surface area contributed by atoms with Gasteiger partial charge in [0.15, 0.2) is 18.1 Å². The highest BCUT2D eigenvalue weighted by atomic mass is 79.9. The number of imide groups is 1. The molecule has 0 spiro atoms. The van der Waals surface area contributed by atoms with Crippen LogP contribution >= 0.6 is 27.7 Å². The van der Waals surface area contributed by atoms with Gasteiger partial charge in [-0.25, -0.2) is 0 Å². The van der Waals surface area contributed by atoms with Crippen molar-refractivity contribution in [1.82, 2.24) is 4.90 Å². The van der Waals surface area contributed by atoms with Gasteiger partial charge < -0.3 is 14.8 Å². The minimum absolute atomic E-state index is 0.207. The Kier molecular flexibility index (Phi) is 7.98. The number of aryl methyl sites for hydroxylation is 1. The number of nitrogens with one attached hydrogen (secondary N) is 1. The van der Waals surface area contributed by atoms with Gasteiger partial charge in [-0.2, -0.15) is 0 Å². The summed E-state index contributed by atoms with van der Waals surface area (Å²) >= 11 is 4.36. The van der Waals surface area contributed by atoms with Crippen molar-refractivity contribution < 1.29 is 23.9 Å². The van der Waals surface area contributed by atoms with Crippen LogP contribution in [0.3, 0.4) is 0 Å². The van der Waals surface area contributed by atoms with Crippen LogP contribution in [0.1, 0.15) is 25.0 Å². The predicted octanol–water partition coefficient (Wildman–Crippen LogP) is 5.23. The summed E-state index contributed by atoms with van der Waals surface area (Å²) in [5.74, 6) is 0.181. The van der Waals surface area contributed by atoms with Gasteiger partial charge in [0.05, 0.1) is 16.0 Å². The lowest BCUT2D eigenvalue weighted by molar-refractivity contribution is -0.122. The van der Waals surface area contributed by atoms with Crippen LogP contribution in [-0.4, -0.2) is 41.7 Å². The molecule has 7 nitrogen and oxygen atoms in total. The van der Waals surface area contributed by atoms with E-state index in [1.54, 1.807) is 25.1 Å². The molecule has 1 N–H and O–H groups in total. The van der Waals surface area contributed by atoms with Crippen molar-refractivity contribution in [3.63, 3.8) is 0 Å². The van der Waals surface area contributed by atoms with E-state index in [2.05, 4.69) is 21.2 Å². The fourth-order valence-electron chi connectivity index (χ4n) is 2.97. The number of rotatable bonds is 8. The normalized spacial score (nSPS) is 14.8. The summed E-state index contributed by atoms with van der Waals surface area (Å²) in [5, 5.41) is 2.50. The summed E-state index contributed by atoms with van der Waals surface area (Å²) in [7, 11) is 0. The van der Waals surface area contributed by atoms with E-state index in [9.17, 15) is 14.4 Å². The number of thioether (sulfide) groups is 1. The molecular weight excluding hydrogens is 496 g/mol. The second-order valence-electron chi connectivity index (χ2n) is 6.89. The largest absolute Gasteiger partial charge is 0.490 e. The molecular formula is C23H23BrN2O5S. The minimum Gasteiger partial charge on any atom is -0.490 e. The van der Waals surface area contributed by atoms with Gasteiger partial charge in [0, 0.05) is 12.2 Å². The van der Waals surface area contributed by atoms with E-state index in [4.69, 9.17) is 9.47 Å². The van der Waals surface area contributed by atoms with Crippen molar-refractivity contribution in [3.05, 3.63) is 56.9 Å². The summed E-state index contributed by atoms with van der Waals surface area (Å²) in [5.41, 5.74) is 2.45. The van der Waals surface area contributed by atoms with Crippen LogP contribution in [0.5, 0.6) is 11.5 Å². The number of hydrogen-bond donors (Lipinski definition) is 1. The third-order valence-electron chi connectivity index (χ3n) is 4.50. The van der Waals surface area contributed by atoms with Gasteiger partial charge in [0.25, 0.3) is 17.1 Å². The van der Waals surface area contributed by atoms with Crippen LogP contribution in [0.2, 0.25) is 0 Å². The van der Waals surface area contributed by atoms with Gasteiger partial charge in [-0.15, -0.1) is 0 Å². The summed E-state index contributed by atoms with van der Waals surface area (Å²) < 4.78 is 12.0. The molecule has 1 saturated heterocycles. The third-order valence-corrected chi connectivity index (χ3v) is 6.00. The maximum atomic E-state index is 12.4. The Morgan fingerprint density at radius 2 is 1.88 bits per heavy atom. The van der Waals surface area contributed by atoms with E-state index in [-0.39, 0.29) is 23.7 Å². The van der Waals surface area contributed by atoms with Crippen molar-refractivity contribution in [1.29, 1.82) is 0 Å². The molecule has 3 rings (SSSR count). The van der Waals surface area contributed by atoms with Gasteiger partial charge in [-0.3, -0.25) is 19.3 Å². The molecule has 0 radical (unpaired) electrons. The van der Waals surface area contributed by atoms with E-state index in [0.29, 0.717) is 45.3 Å². The van der Waals surface area contributed by atoms with Crippen molar-refractivity contribution in [2.75, 3.05) is 25.1 Å². The molecule has 3 amide bonds. The van der Waals surface area contributed by atoms with Crippen molar-refractivity contribution in [2.24, 2.45) is 0 Å². The van der Waals surface area contributed by atoms with E-state index in [0.717, 1.165) is 17.3 Å². The Labute approximate surface area is 199 Å². The summed E-state index contributed by atoms with van der Waals surface area (Å²) in [4.78, 5) is 38.1. The highest BCUT2D eigenvalue weighted by Crippen LogP contribution is 2.39. The number of carbonyl (C=O) groups excluding carboxylic acids is 3. The number of hydrogen-bond acceptors (Lipinski definition) is 6. The molecule has 1 aliphatic rings. The summed E-state index contributed by atoms with van der Waals surface area (Å²) in [6, 6.07) is 10.9. The molecule has 0 aromatic heterocycles. The molecule has 0 bridgehead atoms. The first-order valence-electron chi connectivity index (χ1n) is 10.0. The number of nitrogens with zero attached hydrogens (tertiary/aromatic N) is 1. The Hall–Kier alpha value is -2.78. The Balaban J connectivity index is 1.76. The molecule has 168 valence electrons. The van der Waals surface area contributed by atoms with Crippen molar-refractivity contribution in [2.45, 2.75) is 20.8 Å². The van der Waals surface area contributed by atoms with Crippen LogP contribution in [0.25, 0.3) is 6.08 Å². The van der Waals surface area contributed by atoms with Gasteiger partial charge in [-0.1, -0.05) is 17.7 Å². The van der Waals surface area contributed by atoms with E-state index in [1.807, 2.05) is 38.1 Å². The highest BCUT2D eigenvalue weighted by molar-refractivity contribution is 9.10. The Morgan fingerprint density at radius 1 is 1.16 bits per heavy atom. The molecule has 2 aromatic rings. The third kappa shape index (κ3) is 5.72. The second-order valence-corrected chi connectivity index (χ2v) is 8.74. The lowest BCUT2D eigenvalue weighted by atomic mass is 10.2. The Bertz CT molecular complexity index is 1070. The van der Waals surface area contributed by atoms with E-state index >= 15 is 0 Å². The number of likely N-dealkylation sites (N-methyl/N-ethyl adjacent to an activating group) is 1. The molecule has 9 heteroatoms. The zero-order chi connectivity index (χ0) is 23.3. The fourth-order valence-corrected chi connectivity index (χ4v) is 4.45. The van der Waals surface area contributed by atoms with Crippen LogP contribution in [-0.2, 0) is 9.59 Å². The average molecular weight is 519 g/mol. The maximum Gasteiger partial charge on any atom is 0.293 e. The van der Waals surface area contributed by atoms with Crippen LogP contribution < -0.4 is 14.8 Å². The van der Waals surface area contributed by atoms with E-state index in [1.165, 1.54) is 4.90 Å². The number of benzene rings is 2. The van der Waals surface area contributed by atoms with Crippen LogP contribution in [0.15, 0.2) is 45.8 Å². The molecule has 1 aliphatic heterocycles. The molecule has 2 aromatic carbocycles. The molecule has 0 atom stereocenters. The summed E-state index contributed by atoms with van der Waals surface area (Å²) in [6.45, 7) is 6.06. The van der Waals surface area contributed by atoms with Gasteiger partial charge in [0.1, 0.15) is 0 Å². The Morgan fingerprint density at radius 3 is 2.50 bits per heavy atom. The lowest BCUT2D eigenvalue weighted by Gasteiger charge is -2.15. The highest BCUT2D eigenvalue weighted by Gasteiger charge is 2.33. The number of ether oxygens (including phenoxy) is 2. The molecule has 0 aliphatic carbocycles. The van der Waals surface area contributed by atoms with Gasteiger partial charge >= 0.3 is 0 Å². The average Bonchev–Trinajstić information content (AvgIpc) is 3.01. The number of carbonyl (C=O) groups is 3. The molecule has 1 fully saturated rings. The summed E-state index contributed by atoms with van der Waals surface area (Å²) in [6.07, 6.45) is 1.64. The first-order chi connectivity index (χ1) is 15.3. The lowest BCUT2D eigenvalue weighted by Crippen LogP contribution is -2.27. The van der Waals surface area contributed by atoms with E-state index < -0.39 is 0 Å². The zero-order valence-electron chi connectivity index (χ0n) is 17.9. The maximum absolute atomic E-state index is 12.4. The minimum atomic E-state index is -0.315. The van der Waals surface area contributed by atoms with Gasteiger partial charge in [-0.05, 0) is 84.4 Å². The zero-order valence-corrected chi connectivity index (χ0v) is 20.3. The first-order valence-corrected chi connectivity index (χ1v) is 11.6. The smallest absolute Gasteiger partial charge is 0.293 e. The standard InChI is InChI=1S/C23H23BrN2O5S/c1-4-26-22(28)19(32-23(26)29)12-15-10-17(24)21(18(11-15)30-5-2)31-13-20(27)25-16-8-6-14(3)7-9-16/h6-12H,4-5,13H2,1-3H3,(H,25,27)/b19-12+. The number of anilines is 1. The van der Waals surface area contributed by atoms with Crippen LogP contribution in [0, 0.1) is 6.92 Å². The van der Waals surface area contributed by atoms with Gasteiger partial charge in [0.2, 0.25) is 0 Å². The van der Waals surface area contributed by atoms with Crippen molar-refractivity contribution in [3.8, 4) is 11.5 Å². The topological polar surface area (TPSA) is 84.9 Å². The predicted molar refractivity (Wildman–Crippen MR) is 129 cm³/mol. The number of amides is 3. The fraction of sp³-hybridized carbons (Fsp3) is 0.261. The SMILES string of the molecule is CCOc1cc(/C=C2/SC(=O)N(CC)C2=O)cc(Br)c1OCC(=O)Nc1ccc(C)cc1. The molecule has 1 heterocycles. The quantitative estimate of drug-likeness (QED) is 0.481. The second kappa shape index (κ2) is 10.7. The number of halogens is 1. The first kappa shape index (κ1) is 23.9. The van der Waals surface area contributed by atoms with Crippen molar-refractivity contribution >= 4 is 56.5 Å². The van der Waals surface area contributed by atoms with Crippen LogP contribution in [0.4, 0.5) is 10.5 Å². The molecule has 0 unspecified atom stereocenters. The molecule has 32 heavy (non-hydrogen) atoms.